The Morgan fingerprint density at radius 3 is 2.32 bits per heavy atom. The van der Waals surface area contributed by atoms with Crippen LogP contribution in [-0.4, -0.2) is 14.3 Å². The first kappa shape index (κ1) is 16.1. The quantitative estimate of drug-likeness (QED) is 0.879. The van der Waals surface area contributed by atoms with Crippen molar-refractivity contribution in [2.24, 2.45) is 5.73 Å². The Bertz CT molecular complexity index is 815. The molecule has 0 aliphatic rings. The van der Waals surface area contributed by atoms with Crippen LogP contribution in [-0.2, 0) is 10.0 Å². The molecule has 3 N–H and O–H groups in total. The zero-order valence-corrected chi connectivity index (χ0v) is 12.9. The standard InChI is InChI=1S/C15H13ClN2O3S/c16-14-4-2-1-3-11(14)9-10-22(20,21)18-13-7-5-12(6-8-13)15(17)19/h1-10,18H,(H2,17,19)/b10-9+. The van der Waals surface area contributed by atoms with Gasteiger partial charge in [-0.25, -0.2) is 8.42 Å². The fourth-order valence-electron chi connectivity index (χ4n) is 1.67. The first-order valence-corrected chi connectivity index (χ1v) is 8.15. The molecule has 1 amide bonds. The molecule has 0 aromatic heterocycles. The fourth-order valence-corrected chi connectivity index (χ4v) is 2.73. The van der Waals surface area contributed by atoms with Crippen LogP contribution >= 0.6 is 11.6 Å². The summed E-state index contributed by atoms with van der Waals surface area (Å²) in [6.07, 6.45) is 1.41. The number of carbonyl (C=O) groups excluding carboxylic acids is 1. The third kappa shape index (κ3) is 4.34. The SMILES string of the molecule is NC(=O)c1ccc(NS(=O)(=O)/C=C/c2ccccc2Cl)cc1. The molecule has 7 heteroatoms. The summed E-state index contributed by atoms with van der Waals surface area (Å²) in [6, 6.07) is 12.7. The van der Waals surface area contributed by atoms with Gasteiger partial charge in [-0.2, -0.15) is 0 Å². The summed E-state index contributed by atoms with van der Waals surface area (Å²) >= 11 is 5.95. The zero-order chi connectivity index (χ0) is 16.2. The number of primary amides is 1. The lowest BCUT2D eigenvalue weighted by Gasteiger charge is -2.05. The largest absolute Gasteiger partial charge is 0.366 e. The number of benzene rings is 2. The van der Waals surface area contributed by atoms with Crippen molar-refractivity contribution in [1.29, 1.82) is 0 Å². The van der Waals surface area contributed by atoms with Crippen molar-refractivity contribution in [1.82, 2.24) is 0 Å². The second kappa shape index (κ2) is 6.64. The molecule has 114 valence electrons. The van der Waals surface area contributed by atoms with E-state index >= 15 is 0 Å². The maximum absolute atomic E-state index is 12.0. The molecule has 0 atom stereocenters. The summed E-state index contributed by atoms with van der Waals surface area (Å²) in [5.41, 5.74) is 6.34. The summed E-state index contributed by atoms with van der Waals surface area (Å²) in [4.78, 5) is 10.9. The first-order chi connectivity index (χ1) is 10.4. The van der Waals surface area contributed by atoms with E-state index in [1.54, 1.807) is 24.3 Å². The summed E-state index contributed by atoms with van der Waals surface area (Å²) in [7, 11) is -3.69. The maximum atomic E-state index is 12.0. The summed E-state index contributed by atoms with van der Waals surface area (Å²) < 4.78 is 26.3. The highest BCUT2D eigenvalue weighted by molar-refractivity contribution is 7.95. The number of halogens is 1. The number of hydrogen-bond acceptors (Lipinski definition) is 3. The minimum Gasteiger partial charge on any atom is -0.366 e. The Hall–Kier alpha value is -2.31. The van der Waals surface area contributed by atoms with Gasteiger partial charge in [0.25, 0.3) is 10.0 Å². The van der Waals surface area contributed by atoms with E-state index in [4.69, 9.17) is 17.3 Å². The van der Waals surface area contributed by atoms with Crippen LogP contribution < -0.4 is 10.5 Å². The number of hydrogen-bond donors (Lipinski definition) is 2. The van der Waals surface area contributed by atoms with Gasteiger partial charge in [0.05, 0.1) is 5.41 Å². The van der Waals surface area contributed by atoms with Gasteiger partial charge in [-0.3, -0.25) is 9.52 Å². The molecule has 0 radical (unpaired) electrons. The van der Waals surface area contributed by atoms with Crippen molar-refractivity contribution in [2.75, 3.05) is 4.72 Å². The molecule has 0 aliphatic carbocycles. The van der Waals surface area contributed by atoms with Gasteiger partial charge >= 0.3 is 0 Å². The van der Waals surface area contributed by atoms with Crippen molar-refractivity contribution < 1.29 is 13.2 Å². The first-order valence-electron chi connectivity index (χ1n) is 6.23. The van der Waals surface area contributed by atoms with Crippen LogP contribution in [0.25, 0.3) is 6.08 Å². The number of rotatable bonds is 5. The number of nitrogens with one attached hydrogen (secondary N) is 1. The van der Waals surface area contributed by atoms with E-state index in [0.29, 0.717) is 21.8 Å². The minimum absolute atomic E-state index is 0.301. The van der Waals surface area contributed by atoms with Crippen molar-refractivity contribution in [2.45, 2.75) is 0 Å². The molecular formula is C15H13ClN2O3S. The maximum Gasteiger partial charge on any atom is 0.255 e. The van der Waals surface area contributed by atoms with Crippen LogP contribution in [0.2, 0.25) is 5.02 Å². The molecule has 0 fully saturated rings. The van der Waals surface area contributed by atoms with Gasteiger partial charge in [0.1, 0.15) is 0 Å². The number of amides is 1. The van der Waals surface area contributed by atoms with E-state index in [0.717, 1.165) is 5.41 Å². The van der Waals surface area contributed by atoms with E-state index in [9.17, 15) is 13.2 Å². The van der Waals surface area contributed by atoms with Crippen LogP contribution in [0.3, 0.4) is 0 Å². The molecule has 0 saturated heterocycles. The molecule has 2 rings (SSSR count). The predicted molar refractivity (Wildman–Crippen MR) is 88.0 cm³/mol. The van der Waals surface area contributed by atoms with Crippen LogP contribution in [0.1, 0.15) is 15.9 Å². The summed E-state index contributed by atoms with van der Waals surface area (Å²) in [5, 5.41) is 1.48. The highest BCUT2D eigenvalue weighted by Crippen LogP contribution is 2.17. The van der Waals surface area contributed by atoms with Crippen molar-refractivity contribution in [3.63, 3.8) is 0 Å². The second-order valence-corrected chi connectivity index (χ2v) is 6.39. The Balaban J connectivity index is 2.14. The van der Waals surface area contributed by atoms with Gasteiger partial charge in [0.2, 0.25) is 5.91 Å². The lowest BCUT2D eigenvalue weighted by molar-refractivity contribution is 0.100. The lowest BCUT2D eigenvalue weighted by Crippen LogP contribution is -2.12. The molecule has 2 aromatic carbocycles. The van der Waals surface area contributed by atoms with Crippen LogP contribution in [0, 0.1) is 0 Å². The third-order valence-electron chi connectivity index (χ3n) is 2.76. The van der Waals surface area contributed by atoms with E-state index < -0.39 is 15.9 Å². The van der Waals surface area contributed by atoms with E-state index in [1.165, 1.54) is 30.3 Å². The molecule has 0 spiro atoms. The van der Waals surface area contributed by atoms with Gasteiger partial charge in [-0.1, -0.05) is 29.8 Å². The summed E-state index contributed by atoms with van der Waals surface area (Å²) in [6.45, 7) is 0. The molecular weight excluding hydrogens is 324 g/mol. The minimum atomic E-state index is -3.69. The molecule has 22 heavy (non-hydrogen) atoms. The number of anilines is 1. The smallest absolute Gasteiger partial charge is 0.255 e. The van der Waals surface area contributed by atoms with Crippen LogP contribution in [0.4, 0.5) is 5.69 Å². The zero-order valence-electron chi connectivity index (χ0n) is 11.4. The number of carbonyl (C=O) groups is 1. The van der Waals surface area contributed by atoms with Crippen molar-refractivity contribution in [3.8, 4) is 0 Å². The average Bonchev–Trinajstić information content (AvgIpc) is 2.46. The number of nitrogens with two attached hydrogens (primary N) is 1. The summed E-state index contributed by atoms with van der Waals surface area (Å²) in [5.74, 6) is -0.576. The molecule has 0 heterocycles. The topological polar surface area (TPSA) is 89.3 Å². The van der Waals surface area contributed by atoms with Crippen molar-refractivity contribution in [3.05, 3.63) is 70.1 Å². The Labute approximate surface area is 133 Å². The second-order valence-electron chi connectivity index (χ2n) is 4.41. The van der Waals surface area contributed by atoms with Gasteiger partial charge in [0.15, 0.2) is 0 Å². The Kier molecular flexibility index (Phi) is 4.85. The predicted octanol–water partition coefficient (Wildman–Crippen LogP) is 2.85. The van der Waals surface area contributed by atoms with Crippen LogP contribution in [0.15, 0.2) is 53.9 Å². The number of sulfonamides is 1. The Morgan fingerprint density at radius 2 is 1.73 bits per heavy atom. The highest BCUT2D eigenvalue weighted by atomic mass is 35.5. The van der Waals surface area contributed by atoms with E-state index in [1.807, 2.05) is 0 Å². The normalized spacial score (nSPS) is 11.5. The molecule has 0 bridgehead atoms. The monoisotopic (exact) mass is 336 g/mol. The molecule has 2 aromatic rings. The molecule has 0 saturated carbocycles. The average molecular weight is 337 g/mol. The van der Waals surface area contributed by atoms with Crippen LogP contribution in [0.5, 0.6) is 0 Å². The van der Waals surface area contributed by atoms with Gasteiger partial charge in [-0.15, -0.1) is 0 Å². The van der Waals surface area contributed by atoms with Gasteiger partial charge in [0, 0.05) is 16.3 Å². The van der Waals surface area contributed by atoms with E-state index in [-0.39, 0.29) is 0 Å². The highest BCUT2D eigenvalue weighted by Gasteiger charge is 2.07. The molecule has 5 nitrogen and oxygen atoms in total. The molecule has 0 aliphatic heterocycles. The lowest BCUT2D eigenvalue weighted by atomic mass is 10.2. The van der Waals surface area contributed by atoms with Gasteiger partial charge < -0.3 is 5.73 Å². The Morgan fingerprint density at radius 1 is 1.09 bits per heavy atom. The molecule has 0 unspecified atom stereocenters. The van der Waals surface area contributed by atoms with Gasteiger partial charge in [-0.05, 0) is 42.0 Å². The van der Waals surface area contributed by atoms with Crippen molar-refractivity contribution >= 4 is 39.3 Å². The fraction of sp³-hybridized carbons (Fsp3) is 0. The third-order valence-corrected chi connectivity index (χ3v) is 4.12. The van der Waals surface area contributed by atoms with E-state index in [2.05, 4.69) is 4.72 Å².